The zero-order chi connectivity index (χ0) is 26.5. The van der Waals surface area contributed by atoms with Crippen LogP contribution in [0.4, 0.5) is 0 Å². The zero-order valence-electron chi connectivity index (χ0n) is 19.9. The lowest BCUT2D eigenvalue weighted by Gasteiger charge is -2.53. The Kier molecular flexibility index (Phi) is 6.41. The predicted octanol–water partition coefficient (Wildman–Crippen LogP) is 1.39. The molecule has 3 aliphatic carbocycles. The molecule has 4 aliphatic rings. The first kappa shape index (κ1) is 26.1. The highest BCUT2D eigenvalue weighted by atomic mass is 17.0. The summed E-state index contributed by atoms with van der Waals surface area (Å²) >= 11 is 0. The summed E-state index contributed by atoms with van der Waals surface area (Å²) in [5.74, 6) is -5.98. The van der Waals surface area contributed by atoms with Crippen molar-refractivity contribution < 1.29 is 43.5 Å². The second-order valence-corrected chi connectivity index (χ2v) is 9.70. The molecule has 1 aliphatic heterocycles. The summed E-state index contributed by atoms with van der Waals surface area (Å²) in [6, 6.07) is 0. The van der Waals surface area contributed by atoms with E-state index in [-0.39, 0.29) is 50.5 Å². The number of hydrogen-bond donors (Lipinski definition) is 0. The van der Waals surface area contributed by atoms with E-state index >= 15 is 0 Å². The predicted molar refractivity (Wildman–Crippen MR) is 113 cm³/mol. The van der Waals surface area contributed by atoms with Crippen molar-refractivity contribution in [1.82, 2.24) is 5.23 Å². The number of rotatable bonds is 11. The van der Waals surface area contributed by atoms with Gasteiger partial charge in [-0.05, 0) is 46.0 Å². The molecule has 0 spiro atoms. The van der Waals surface area contributed by atoms with Crippen LogP contribution < -0.4 is 0 Å². The van der Waals surface area contributed by atoms with Gasteiger partial charge in [-0.3, -0.25) is 44.8 Å². The standard InChI is InChI=1S/C20H28N4O12/c1-3-33-15(25)19(16(26)34-4-2)11-13(19)14-12-20(22(29)30,23(31)32)24(35-14)36-18(9-6-10-18)17(21(27)28)7-5-8-17/h13-14H,3-12H2,1-2H3. The van der Waals surface area contributed by atoms with Crippen LogP contribution in [0.5, 0.6) is 0 Å². The van der Waals surface area contributed by atoms with Gasteiger partial charge in [-0.2, -0.15) is 0 Å². The summed E-state index contributed by atoms with van der Waals surface area (Å²) in [4.78, 5) is 70.1. The van der Waals surface area contributed by atoms with Crippen LogP contribution in [-0.4, -0.2) is 68.2 Å². The molecule has 2 unspecified atom stereocenters. The number of ether oxygens (including phenoxy) is 2. The summed E-state index contributed by atoms with van der Waals surface area (Å²) < 4.78 is 10.0. The molecule has 0 bridgehead atoms. The third-order valence-corrected chi connectivity index (χ3v) is 8.12. The lowest BCUT2D eigenvalue weighted by Crippen LogP contribution is -2.70. The highest BCUT2D eigenvalue weighted by molar-refractivity contribution is 6.04. The Hall–Kier alpha value is -2.98. The number of esters is 2. The maximum Gasteiger partial charge on any atom is 0.568 e. The van der Waals surface area contributed by atoms with Crippen molar-refractivity contribution in [1.29, 1.82) is 0 Å². The third kappa shape index (κ3) is 3.37. The molecule has 16 nitrogen and oxygen atoms in total. The first-order valence-corrected chi connectivity index (χ1v) is 11.9. The van der Waals surface area contributed by atoms with Crippen molar-refractivity contribution >= 4 is 11.9 Å². The number of hydrogen-bond acceptors (Lipinski definition) is 13. The quantitative estimate of drug-likeness (QED) is 0.125. The van der Waals surface area contributed by atoms with Crippen molar-refractivity contribution in [3.8, 4) is 0 Å². The Morgan fingerprint density at radius 3 is 1.78 bits per heavy atom. The zero-order valence-corrected chi connectivity index (χ0v) is 19.9. The van der Waals surface area contributed by atoms with E-state index in [1.54, 1.807) is 0 Å². The van der Waals surface area contributed by atoms with Gasteiger partial charge in [0.05, 0.1) is 18.4 Å². The highest BCUT2D eigenvalue weighted by Gasteiger charge is 2.81. The number of nitro groups is 3. The molecular formula is C20H28N4O12. The minimum absolute atomic E-state index is 0.0489. The Morgan fingerprint density at radius 1 is 0.889 bits per heavy atom. The fraction of sp³-hybridized carbons (Fsp3) is 0.900. The Morgan fingerprint density at radius 2 is 1.42 bits per heavy atom. The molecule has 1 heterocycles. The van der Waals surface area contributed by atoms with Crippen LogP contribution in [0.1, 0.15) is 65.2 Å². The van der Waals surface area contributed by atoms with Gasteiger partial charge in [0, 0.05) is 23.7 Å². The molecule has 1 saturated heterocycles. The molecule has 36 heavy (non-hydrogen) atoms. The van der Waals surface area contributed by atoms with Gasteiger partial charge in [0.25, 0.3) is 5.54 Å². The monoisotopic (exact) mass is 516 g/mol. The first-order valence-electron chi connectivity index (χ1n) is 11.9. The van der Waals surface area contributed by atoms with Crippen LogP contribution in [-0.2, 0) is 28.7 Å². The minimum atomic E-state index is -3.13. The van der Waals surface area contributed by atoms with Crippen LogP contribution in [0.25, 0.3) is 0 Å². The second-order valence-electron chi connectivity index (χ2n) is 9.70. The van der Waals surface area contributed by atoms with E-state index in [1.807, 2.05) is 0 Å². The molecule has 0 amide bonds. The Balaban J connectivity index is 1.67. The average molecular weight is 516 g/mol. The van der Waals surface area contributed by atoms with E-state index in [1.165, 1.54) is 13.8 Å². The maximum atomic E-state index is 12.7. The van der Waals surface area contributed by atoms with E-state index < -0.39 is 67.5 Å². The number of hydroxylamine groups is 2. The Labute approximate surface area is 204 Å². The summed E-state index contributed by atoms with van der Waals surface area (Å²) in [5, 5.41) is 36.4. The maximum absolute atomic E-state index is 12.7. The normalized spacial score (nSPS) is 28.7. The van der Waals surface area contributed by atoms with Gasteiger partial charge in [-0.25, -0.2) is 4.84 Å². The molecular weight excluding hydrogens is 488 g/mol. The van der Waals surface area contributed by atoms with E-state index in [2.05, 4.69) is 0 Å². The lowest BCUT2D eigenvalue weighted by molar-refractivity contribution is -0.855. The summed E-state index contributed by atoms with van der Waals surface area (Å²) in [6.07, 6.45) is -0.620. The highest BCUT2D eigenvalue weighted by Crippen LogP contribution is 2.61. The fourth-order valence-corrected chi connectivity index (χ4v) is 5.67. The molecule has 0 radical (unpaired) electrons. The van der Waals surface area contributed by atoms with Crippen molar-refractivity contribution in [2.75, 3.05) is 13.2 Å². The average Bonchev–Trinajstić information content (AvgIpc) is 3.39. The second kappa shape index (κ2) is 8.85. The molecule has 4 fully saturated rings. The summed E-state index contributed by atoms with van der Waals surface area (Å²) in [5.41, 5.74) is -4.87. The van der Waals surface area contributed by atoms with Gasteiger partial charge < -0.3 is 9.47 Å². The van der Waals surface area contributed by atoms with E-state index in [0.29, 0.717) is 12.8 Å². The van der Waals surface area contributed by atoms with Gasteiger partial charge in [0.15, 0.2) is 11.0 Å². The van der Waals surface area contributed by atoms with E-state index in [0.717, 1.165) is 0 Å². The number of carbonyl (C=O) groups is 2. The molecule has 0 N–H and O–H groups in total. The molecule has 0 aromatic rings. The molecule has 2 atom stereocenters. The van der Waals surface area contributed by atoms with Gasteiger partial charge in [0.1, 0.15) is 22.4 Å². The summed E-state index contributed by atoms with van der Waals surface area (Å²) in [7, 11) is 0. The first-order chi connectivity index (χ1) is 17.0. The van der Waals surface area contributed by atoms with Gasteiger partial charge >= 0.3 is 17.7 Å². The smallest absolute Gasteiger partial charge is 0.465 e. The minimum Gasteiger partial charge on any atom is -0.465 e. The lowest BCUT2D eigenvalue weighted by atomic mass is 9.57. The third-order valence-electron chi connectivity index (χ3n) is 8.12. The van der Waals surface area contributed by atoms with Crippen LogP contribution in [0.15, 0.2) is 0 Å². The Bertz CT molecular complexity index is 946. The largest absolute Gasteiger partial charge is 0.568 e. The molecule has 200 valence electrons. The van der Waals surface area contributed by atoms with E-state index in [9.17, 15) is 39.9 Å². The van der Waals surface area contributed by atoms with Crippen LogP contribution in [0, 0.1) is 41.7 Å². The van der Waals surface area contributed by atoms with Gasteiger partial charge in [-0.1, -0.05) is 0 Å². The van der Waals surface area contributed by atoms with Crippen LogP contribution in [0.3, 0.4) is 0 Å². The molecule has 0 aromatic carbocycles. The SMILES string of the molecule is CCOC(=O)C1(C(=O)OCC)CC1C1CC([N+](=O)[O-])([N+](=O)[O-])N(OC2(C3([N+](=O)[O-])CCC3)CCC2)O1. The molecule has 0 aromatic heterocycles. The fourth-order valence-electron chi connectivity index (χ4n) is 5.67. The van der Waals surface area contributed by atoms with Crippen molar-refractivity contribution in [2.24, 2.45) is 11.3 Å². The summed E-state index contributed by atoms with van der Waals surface area (Å²) in [6.45, 7) is 2.97. The van der Waals surface area contributed by atoms with Crippen molar-refractivity contribution in [3.63, 3.8) is 0 Å². The molecule has 3 saturated carbocycles. The van der Waals surface area contributed by atoms with Gasteiger partial charge in [0.2, 0.25) is 0 Å². The van der Waals surface area contributed by atoms with Crippen molar-refractivity contribution in [2.45, 2.75) is 88.2 Å². The van der Waals surface area contributed by atoms with Crippen LogP contribution in [0.2, 0.25) is 0 Å². The topological polar surface area (TPSA) is 204 Å². The van der Waals surface area contributed by atoms with E-state index in [4.69, 9.17) is 19.1 Å². The molecule has 4 rings (SSSR count). The van der Waals surface area contributed by atoms with Crippen molar-refractivity contribution in [3.05, 3.63) is 30.3 Å². The van der Waals surface area contributed by atoms with Gasteiger partial charge in [-0.15, -0.1) is 0 Å². The molecule has 16 heteroatoms. The van der Waals surface area contributed by atoms with Crippen LogP contribution >= 0.6 is 0 Å². The number of carbonyl (C=O) groups excluding carboxylic acids is 2. The number of nitrogens with zero attached hydrogens (tertiary/aromatic N) is 4.